The number of nitrogens with zero attached hydrogens (tertiary/aromatic N) is 1. The molecule has 0 heterocycles. The second-order valence-corrected chi connectivity index (χ2v) is 13.9. The lowest BCUT2D eigenvalue weighted by Gasteiger charge is -2.25. The number of sulfonamides is 1. The number of para-hydroxylation sites is 2. The van der Waals surface area contributed by atoms with Crippen LogP contribution in [-0.4, -0.2) is 50.1 Å². The Hall–Kier alpha value is -5.01. The van der Waals surface area contributed by atoms with Crippen LogP contribution in [0, 0.1) is 13.8 Å². The van der Waals surface area contributed by atoms with Crippen molar-refractivity contribution in [1.82, 2.24) is 0 Å². The number of amides is 1. The Labute approximate surface area is 282 Å². The summed E-state index contributed by atoms with van der Waals surface area (Å²) >= 11 is 0. The van der Waals surface area contributed by atoms with Gasteiger partial charge in [-0.25, -0.2) is 8.42 Å². The SMILES string of the molecule is CCN(CC)c1ccc(NC(=O)C=Cc2ccc(OS(=O)(=O)c3cc(C)ccc3C)c(OC)c2)cc1S(=O)(=O)Nc1ccccc1OC. The summed E-state index contributed by atoms with van der Waals surface area (Å²) in [7, 11) is -5.42. The van der Waals surface area contributed by atoms with Gasteiger partial charge in [0.25, 0.3) is 10.0 Å². The van der Waals surface area contributed by atoms with Crippen LogP contribution in [0.25, 0.3) is 6.08 Å². The summed E-state index contributed by atoms with van der Waals surface area (Å²) in [5, 5.41) is 2.72. The average Bonchev–Trinajstić information content (AvgIpc) is 3.06. The first-order valence-corrected chi connectivity index (χ1v) is 17.9. The summed E-state index contributed by atoms with van der Waals surface area (Å²) < 4.78 is 72.1. The fourth-order valence-electron chi connectivity index (χ4n) is 4.91. The second-order valence-electron chi connectivity index (χ2n) is 10.7. The van der Waals surface area contributed by atoms with Crippen LogP contribution in [0.5, 0.6) is 17.2 Å². The average molecular weight is 694 g/mol. The molecular weight excluding hydrogens is 655 g/mol. The van der Waals surface area contributed by atoms with Crippen molar-refractivity contribution < 1.29 is 35.3 Å². The third kappa shape index (κ3) is 8.47. The Kier molecular flexibility index (Phi) is 11.4. The molecule has 48 heavy (non-hydrogen) atoms. The maximum atomic E-state index is 13.7. The topological polar surface area (TPSA) is 140 Å². The molecule has 0 aromatic heterocycles. The number of rotatable bonds is 14. The van der Waals surface area contributed by atoms with E-state index in [0.717, 1.165) is 5.56 Å². The third-order valence-corrected chi connectivity index (χ3v) is 10.2. The van der Waals surface area contributed by atoms with E-state index < -0.39 is 26.0 Å². The van der Waals surface area contributed by atoms with Crippen LogP contribution >= 0.6 is 0 Å². The Morgan fingerprint density at radius 2 is 1.50 bits per heavy atom. The Bertz CT molecular complexity index is 2040. The van der Waals surface area contributed by atoms with Crippen LogP contribution in [0.1, 0.15) is 30.5 Å². The van der Waals surface area contributed by atoms with Gasteiger partial charge >= 0.3 is 10.1 Å². The van der Waals surface area contributed by atoms with Crippen LogP contribution < -0.4 is 28.6 Å². The Balaban J connectivity index is 1.56. The van der Waals surface area contributed by atoms with Gasteiger partial charge in [0.05, 0.1) is 25.6 Å². The molecular formula is C35H39N3O8S2. The van der Waals surface area contributed by atoms with Crippen LogP contribution in [-0.2, 0) is 24.9 Å². The summed E-state index contributed by atoms with van der Waals surface area (Å²) in [6.45, 7) is 8.44. The highest BCUT2D eigenvalue weighted by molar-refractivity contribution is 7.93. The van der Waals surface area contributed by atoms with Crippen LogP contribution in [0.15, 0.2) is 94.7 Å². The second kappa shape index (κ2) is 15.3. The summed E-state index contributed by atoms with van der Waals surface area (Å²) in [6.07, 6.45) is 2.77. The molecule has 0 bridgehead atoms. The number of nitrogens with one attached hydrogen (secondary N) is 2. The maximum absolute atomic E-state index is 13.7. The van der Waals surface area contributed by atoms with Gasteiger partial charge in [-0.05, 0) is 99.0 Å². The molecule has 13 heteroatoms. The van der Waals surface area contributed by atoms with Gasteiger partial charge in [-0.1, -0.05) is 30.3 Å². The van der Waals surface area contributed by atoms with Crippen molar-refractivity contribution >= 4 is 49.2 Å². The quantitative estimate of drug-likeness (QED) is 0.114. The van der Waals surface area contributed by atoms with Crippen molar-refractivity contribution in [1.29, 1.82) is 0 Å². The van der Waals surface area contributed by atoms with E-state index in [1.165, 1.54) is 44.6 Å². The van der Waals surface area contributed by atoms with Crippen LogP contribution in [0.3, 0.4) is 0 Å². The van der Waals surface area contributed by atoms with Gasteiger partial charge in [0.2, 0.25) is 5.91 Å². The highest BCUT2D eigenvalue weighted by Gasteiger charge is 2.24. The fourth-order valence-corrected chi connectivity index (χ4v) is 7.49. The molecule has 254 valence electrons. The van der Waals surface area contributed by atoms with Crippen molar-refractivity contribution in [3.05, 3.63) is 102 Å². The molecule has 0 saturated carbocycles. The van der Waals surface area contributed by atoms with E-state index in [-0.39, 0.29) is 32.7 Å². The lowest BCUT2D eigenvalue weighted by Crippen LogP contribution is -2.26. The standard InChI is InChI=1S/C35H39N3O8S2/c1-7-38(8-2)29-18-17-27(23-34(29)47(40,41)37-28-11-9-10-12-30(28)44-5)36-35(39)20-16-26-15-19-31(32(22-26)45-6)46-48(42,43)33-21-24(3)13-14-25(33)4/h9-23,37H,7-8H2,1-6H3,(H,36,39). The molecule has 0 saturated heterocycles. The maximum Gasteiger partial charge on any atom is 0.339 e. The monoisotopic (exact) mass is 693 g/mol. The summed E-state index contributed by atoms with van der Waals surface area (Å²) in [4.78, 5) is 14.9. The lowest BCUT2D eigenvalue weighted by atomic mass is 10.2. The minimum atomic E-state index is -4.14. The van der Waals surface area contributed by atoms with Gasteiger partial charge in [-0.3, -0.25) is 9.52 Å². The Morgan fingerprint density at radius 3 is 2.19 bits per heavy atom. The fraction of sp³-hybridized carbons (Fsp3) is 0.229. The zero-order chi connectivity index (χ0) is 35.1. The number of hydrogen-bond acceptors (Lipinski definition) is 9. The normalized spacial score (nSPS) is 11.6. The molecule has 4 aromatic carbocycles. The van der Waals surface area contributed by atoms with Crippen molar-refractivity contribution in [2.45, 2.75) is 37.5 Å². The van der Waals surface area contributed by atoms with Gasteiger partial charge in [0.1, 0.15) is 15.5 Å². The van der Waals surface area contributed by atoms with E-state index in [2.05, 4.69) is 10.0 Å². The number of anilines is 3. The number of aryl methyl sites for hydroxylation is 2. The largest absolute Gasteiger partial charge is 0.495 e. The first-order valence-electron chi connectivity index (χ1n) is 15.1. The highest BCUT2D eigenvalue weighted by Crippen LogP contribution is 2.34. The van der Waals surface area contributed by atoms with Gasteiger partial charge in [-0.15, -0.1) is 0 Å². The van der Waals surface area contributed by atoms with Crippen molar-refractivity contribution in [3.63, 3.8) is 0 Å². The minimum absolute atomic E-state index is 0.0104. The van der Waals surface area contributed by atoms with E-state index in [0.29, 0.717) is 35.7 Å². The highest BCUT2D eigenvalue weighted by atomic mass is 32.2. The summed E-state index contributed by atoms with van der Waals surface area (Å²) in [5.41, 5.74) is 2.86. The molecule has 4 aromatic rings. The van der Waals surface area contributed by atoms with Gasteiger partial charge in [-0.2, -0.15) is 8.42 Å². The van der Waals surface area contributed by atoms with E-state index in [9.17, 15) is 21.6 Å². The van der Waals surface area contributed by atoms with E-state index >= 15 is 0 Å². The molecule has 0 radical (unpaired) electrons. The molecule has 11 nitrogen and oxygen atoms in total. The van der Waals surface area contributed by atoms with E-state index in [4.69, 9.17) is 13.7 Å². The third-order valence-electron chi connectivity index (χ3n) is 7.40. The molecule has 0 unspecified atom stereocenters. The summed E-state index contributed by atoms with van der Waals surface area (Å²) in [6, 6.07) is 21.0. The molecule has 0 aliphatic carbocycles. The minimum Gasteiger partial charge on any atom is -0.495 e. The number of carbonyl (C=O) groups is 1. The first kappa shape index (κ1) is 35.8. The smallest absolute Gasteiger partial charge is 0.339 e. The predicted molar refractivity (Wildman–Crippen MR) is 188 cm³/mol. The first-order chi connectivity index (χ1) is 22.8. The zero-order valence-electron chi connectivity index (χ0n) is 27.6. The molecule has 1 amide bonds. The van der Waals surface area contributed by atoms with E-state index in [1.807, 2.05) is 24.8 Å². The van der Waals surface area contributed by atoms with Crippen molar-refractivity contribution in [2.24, 2.45) is 0 Å². The lowest BCUT2D eigenvalue weighted by molar-refractivity contribution is -0.111. The number of ether oxygens (including phenoxy) is 2. The number of benzene rings is 4. The molecule has 0 fully saturated rings. The van der Waals surface area contributed by atoms with Gasteiger partial charge in [0, 0.05) is 24.9 Å². The molecule has 0 atom stereocenters. The molecule has 2 N–H and O–H groups in total. The zero-order valence-corrected chi connectivity index (χ0v) is 29.2. The molecule has 0 aliphatic rings. The van der Waals surface area contributed by atoms with E-state index in [1.54, 1.807) is 68.4 Å². The van der Waals surface area contributed by atoms with Crippen molar-refractivity contribution in [3.8, 4) is 17.2 Å². The van der Waals surface area contributed by atoms with Gasteiger partial charge in [0.15, 0.2) is 11.5 Å². The Morgan fingerprint density at radius 1 is 0.792 bits per heavy atom. The summed E-state index contributed by atoms with van der Waals surface area (Å²) in [5.74, 6) is -0.0256. The van der Waals surface area contributed by atoms with Gasteiger partial charge < -0.3 is 23.9 Å². The molecule has 0 spiro atoms. The van der Waals surface area contributed by atoms with Crippen LogP contribution in [0.4, 0.5) is 17.1 Å². The van der Waals surface area contributed by atoms with Crippen LogP contribution in [0.2, 0.25) is 0 Å². The predicted octanol–water partition coefficient (Wildman–Crippen LogP) is 6.39. The number of methoxy groups -OCH3 is 2. The molecule has 4 rings (SSSR count). The number of carbonyl (C=O) groups excluding carboxylic acids is 1. The number of hydrogen-bond donors (Lipinski definition) is 2. The van der Waals surface area contributed by atoms with Crippen molar-refractivity contribution in [2.75, 3.05) is 42.2 Å². The molecule has 0 aliphatic heterocycles.